The number of carbonyl (C=O) groups is 4. The monoisotopic (exact) mass is 626 g/mol. The zero-order valence-electron chi connectivity index (χ0n) is 25.7. The number of aromatic nitrogens is 1. The molecule has 0 radical (unpaired) electrons. The third kappa shape index (κ3) is 7.12. The number of carbonyl (C=O) groups excluding carboxylic acids is 3. The number of aliphatic hydroxyl groups excluding tert-OH is 1. The number of carboxylic acid groups (broad SMARTS) is 1. The molecule has 1 aromatic carbocycles. The number of hydrogen-bond donors (Lipinski definition) is 4. The second-order valence-corrected chi connectivity index (χ2v) is 14.5. The molecule has 238 valence electrons. The van der Waals surface area contributed by atoms with Crippen molar-refractivity contribution in [3.8, 4) is 10.4 Å². The first-order valence-corrected chi connectivity index (χ1v) is 15.8. The van der Waals surface area contributed by atoms with Crippen LogP contribution < -0.4 is 10.6 Å². The van der Waals surface area contributed by atoms with E-state index < -0.39 is 35.5 Å². The van der Waals surface area contributed by atoms with Gasteiger partial charge in [-0.25, -0.2) is 4.98 Å². The zero-order valence-corrected chi connectivity index (χ0v) is 26.5. The van der Waals surface area contributed by atoms with E-state index in [-0.39, 0.29) is 49.8 Å². The number of β-amino-alcohol motifs (C(OH)–C–C–N with tert-alkyl or cyclic N) is 1. The Hall–Kier alpha value is -3.39. The predicted molar refractivity (Wildman–Crippen MR) is 165 cm³/mol. The van der Waals surface area contributed by atoms with Gasteiger partial charge in [-0.3, -0.25) is 29.0 Å². The highest BCUT2D eigenvalue weighted by atomic mass is 32.1. The van der Waals surface area contributed by atoms with E-state index in [4.69, 9.17) is 5.11 Å². The van der Waals surface area contributed by atoms with Crippen LogP contribution in [0.5, 0.6) is 0 Å². The van der Waals surface area contributed by atoms with E-state index in [0.717, 1.165) is 21.7 Å². The number of thiazole rings is 1. The van der Waals surface area contributed by atoms with E-state index in [2.05, 4.69) is 15.6 Å². The third-order valence-corrected chi connectivity index (χ3v) is 9.65. The number of aliphatic carboxylic acids is 1. The maximum absolute atomic E-state index is 13.8. The molecule has 1 unspecified atom stereocenters. The summed E-state index contributed by atoms with van der Waals surface area (Å²) in [7, 11) is 0. The van der Waals surface area contributed by atoms with Crippen LogP contribution in [0.3, 0.4) is 0 Å². The number of aliphatic hydroxyl groups is 1. The first-order chi connectivity index (χ1) is 20.7. The Morgan fingerprint density at radius 2 is 1.70 bits per heavy atom. The molecular weight excluding hydrogens is 584 g/mol. The number of nitrogens with zero attached hydrogens (tertiary/aromatic N) is 4. The minimum absolute atomic E-state index is 0.0176. The molecule has 4 heterocycles. The van der Waals surface area contributed by atoms with E-state index in [9.17, 15) is 24.3 Å². The molecule has 3 amide bonds. The lowest BCUT2D eigenvalue weighted by atomic mass is 9.73. The van der Waals surface area contributed by atoms with Gasteiger partial charge in [-0.15, -0.1) is 11.3 Å². The van der Waals surface area contributed by atoms with Crippen molar-refractivity contribution in [3.05, 3.63) is 41.0 Å². The highest BCUT2D eigenvalue weighted by molar-refractivity contribution is 7.13. The number of aryl methyl sites for hydroxylation is 1. The second kappa shape index (κ2) is 12.5. The Bertz CT molecular complexity index is 1390. The van der Waals surface area contributed by atoms with Gasteiger partial charge in [0.2, 0.25) is 17.7 Å². The summed E-state index contributed by atoms with van der Waals surface area (Å²) < 4.78 is 0. The van der Waals surface area contributed by atoms with Gasteiger partial charge >= 0.3 is 5.97 Å². The predicted octanol–water partition coefficient (Wildman–Crippen LogP) is 0.930. The standard InChI is InChI=1S/C31H42N6O6S/c1-19-26(44-18-33-19)21-7-5-20(6-8-21)10-32-28(42)23-9-22(38)11-37(23)29(43)27(30(2,3)4)34-24(39)12-35-14-31(15-35)16-36(17-31)13-25(40)41/h5-8,18,22-23,27,38H,9-17H2,1-4H3,(H,32,42)(H,34,39)(H,40,41)/t22-,23+,27?/m1/s1. The van der Waals surface area contributed by atoms with Gasteiger partial charge in [0.05, 0.1) is 35.3 Å². The van der Waals surface area contributed by atoms with E-state index >= 15 is 0 Å². The molecule has 0 aliphatic carbocycles. The van der Waals surface area contributed by atoms with Crippen molar-refractivity contribution in [1.82, 2.24) is 30.3 Å². The Morgan fingerprint density at radius 3 is 2.27 bits per heavy atom. The van der Waals surface area contributed by atoms with Crippen LogP contribution in [0.2, 0.25) is 0 Å². The lowest BCUT2D eigenvalue weighted by Crippen LogP contribution is -2.73. The lowest BCUT2D eigenvalue weighted by Gasteiger charge is -2.60. The normalized spacial score (nSPS) is 22.2. The minimum Gasteiger partial charge on any atom is -0.480 e. The quantitative estimate of drug-likeness (QED) is 0.302. The summed E-state index contributed by atoms with van der Waals surface area (Å²) in [5.41, 5.74) is 4.16. The van der Waals surface area contributed by atoms with Crippen LogP contribution in [0.1, 0.15) is 38.4 Å². The molecule has 3 saturated heterocycles. The number of carboxylic acids is 1. The molecule has 12 nitrogen and oxygen atoms in total. The molecule has 1 spiro atoms. The van der Waals surface area contributed by atoms with Crippen molar-refractivity contribution in [3.63, 3.8) is 0 Å². The fraction of sp³-hybridized carbons (Fsp3) is 0.581. The maximum Gasteiger partial charge on any atom is 0.317 e. The van der Waals surface area contributed by atoms with E-state index in [1.54, 1.807) is 11.3 Å². The summed E-state index contributed by atoms with van der Waals surface area (Å²) in [6, 6.07) is 6.15. The number of benzene rings is 1. The van der Waals surface area contributed by atoms with Crippen molar-refractivity contribution >= 4 is 35.0 Å². The SMILES string of the molecule is Cc1ncsc1-c1ccc(CNC(=O)[C@@H]2C[C@@H](O)CN2C(=O)C(NC(=O)CN2CC3(CN(CC(=O)O)C3)C2)C(C)(C)C)cc1. The number of amides is 3. The second-order valence-electron chi connectivity index (χ2n) is 13.6. The van der Waals surface area contributed by atoms with Crippen LogP contribution >= 0.6 is 11.3 Å². The van der Waals surface area contributed by atoms with E-state index in [1.807, 2.05) is 67.3 Å². The fourth-order valence-corrected chi connectivity index (χ4v) is 7.42. The summed E-state index contributed by atoms with van der Waals surface area (Å²) in [5.74, 6) is -1.87. The maximum atomic E-state index is 13.8. The minimum atomic E-state index is -0.886. The van der Waals surface area contributed by atoms with E-state index in [0.29, 0.717) is 26.2 Å². The molecule has 0 bridgehead atoms. The van der Waals surface area contributed by atoms with Gasteiger partial charge in [0.25, 0.3) is 0 Å². The van der Waals surface area contributed by atoms with Gasteiger partial charge < -0.3 is 25.7 Å². The Morgan fingerprint density at radius 1 is 1.07 bits per heavy atom. The molecule has 3 fully saturated rings. The van der Waals surface area contributed by atoms with Gasteiger partial charge in [-0.2, -0.15) is 0 Å². The first kappa shape index (κ1) is 32.0. The van der Waals surface area contributed by atoms with Gasteiger partial charge in [0, 0.05) is 51.1 Å². The van der Waals surface area contributed by atoms with Crippen LogP contribution in [0.15, 0.2) is 29.8 Å². The van der Waals surface area contributed by atoms with Gasteiger partial charge in [0.1, 0.15) is 12.1 Å². The van der Waals surface area contributed by atoms with Crippen LogP contribution in [-0.2, 0) is 25.7 Å². The number of nitrogens with one attached hydrogen (secondary N) is 2. The summed E-state index contributed by atoms with van der Waals surface area (Å²) in [4.78, 5) is 61.8. The lowest BCUT2D eigenvalue weighted by molar-refractivity contribution is -0.153. The zero-order chi connectivity index (χ0) is 31.8. The van der Waals surface area contributed by atoms with Gasteiger partial charge in [-0.1, -0.05) is 45.0 Å². The van der Waals surface area contributed by atoms with Crippen LogP contribution in [-0.4, -0.2) is 118 Å². The first-order valence-electron chi connectivity index (χ1n) is 14.9. The summed E-state index contributed by atoms with van der Waals surface area (Å²) in [6.45, 7) is 10.8. The highest BCUT2D eigenvalue weighted by Crippen LogP contribution is 2.39. The molecule has 1 aromatic heterocycles. The molecule has 0 saturated carbocycles. The molecule has 44 heavy (non-hydrogen) atoms. The van der Waals surface area contributed by atoms with E-state index in [1.165, 1.54) is 4.90 Å². The average molecular weight is 627 g/mol. The average Bonchev–Trinajstić information content (AvgIpc) is 3.52. The molecule has 13 heteroatoms. The molecule has 3 aliphatic heterocycles. The van der Waals surface area contributed by atoms with Crippen LogP contribution in [0.4, 0.5) is 0 Å². The van der Waals surface area contributed by atoms with Crippen molar-refractivity contribution in [2.45, 2.75) is 58.8 Å². The third-order valence-electron chi connectivity index (χ3n) is 8.67. The summed E-state index contributed by atoms with van der Waals surface area (Å²) >= 11 is 1.58. The number of hydrogen-bond acceptors (Lipinski definition) is 9. The molecule has 4 N–H and O–H groups in total. The fourth-order valence-electron chi connectivity index (χ4n) is 6.61. The van der Waals surface area contributed by atoms with Crippen molar-refractivity contribution in [1.29, 1.82) is 0 Å². The Balaban J connectivity index is 1.15. The summed E-state index contributed by atoms with van der Waals surface area (Å²) in [5, 5.41) is 25.2. The molecule has 2 aromatic rings. The number of likely N-dealkylation sites (tertiary alicyclic amines) is 3. The molecular formula is C31H42N6O6S. The molecule has 5 rings (SSSR count). The van der Waals surface area contributed by atoms with Gasteiger partial charge in [0.15, 0.2) is 0 Å². The Labute approximate surface area is 261 Å². The Kier molecular flexibility index (Phi) is 9.13. The smallest absolute Gasteiger partial charge is 0.317 e. The van der Waals surface area contributed by atoms with Crippen molar-refractivity contribution in [2.24, 2.45) is 10.8 Å². The molecule has 3 atom stereocenters. The number of rotatable bonds is 10. The highest BCUT2D eigenvalue weighted by Gasteiger charge is 2.52. The van der Waals surface area contributed by atoms with Crippen molar-refractivity contribution in [2.75, 3.05) is 45.8 Å². The summed E-state index contributed by atoms with van der Waals surface area (Å²) in [6.07, 6.45) is -0.714. The largest absolute Gasteiger partial charge is 0.480 e. The topological polar surface area (TPSA) is 155 Å². The van der Waals surface area contributed by atoms with Crippen molar-refractivity contribution < 1.29 is 29.4 Å². The van der Waals surface area contributed by atoms with Crippen LogP contribution in [0.25, 0.3) is 10.4 Å². The van der Waals surface area contributed by atoms with Crippen LogP contribution in [0, 0.1) is 17.8 Å². The van der Waals surface area contributed by atoms with Gasteiger partial charge in [-0.05, 0) is 23.5 Å². The molecule has 3 aliphatic rings.